The zero-order valence-electron chi connectivity index (χ0n) is 17.2. The Morgan fingerprint density at radius 2 is 1.90 bits per heavy atom. The van der Waals surface area contributed by atoms with E-state index >= 15 is 0 Å². The zero-order valence-corrected chi connectivity index (χ0v) is 17.2. The Balaban J connectivity index is 1.27. The molecule has 0 bridgehead atoms. The topological polar surface area (TPSA) is 67.8 Å². The summed E-state index contributed by atoms with van der Waals surface area (Å²) in [5.74, 6) is 0.334. The molecule has 3 heterocycles. The van der Waals surface area contributed by atoms with Crippen molar-refractivity contribution < 1.29 is 18.7 Å². The highest BCUT2D eigenvalue weighted by molar-refractivity contribution is 5.78. The van der Waals surface area contributed by atoms with Gasteiger partial charge in [-0.2, -0.15) is 0 Å². The van der Waals surface area contributed by atoms with Gasteiger partial charge in [0.25, 0.3) is 0 Å². The average Bonchev–Trinajstić information content (AvgIpc) is 2.76. The smallest absolute Gasteiger partial charge is 0.248 e. The highest BCUT2D eigenvalue weighted by atomic mass is 19.1. The Hall–Kier alpha value is -2.58. The third kappa shape index (κ3) is 5.12. The predicted octanol–water partition coefficient (Wildman–Crippen LogP) is 2.19. The van der Waals surface area contributed by atoms with Crippen molar-refractivity contribution in [1.29, 1.82) is 0 Å². The quantitative estimate of drug-likeness (QED) is 0.722. The van der Waals surface area contributed by atoms with Gasteiger partial charge in [-0.3, -0.25) is 19.7 Å². The first-order valence-corrected chi connectivity index (χ1v) is 10.4. The van der Waals surface area contributed by atoms with Gasteiger partial charge in [-0.05, 0) is 44.0 Å². The van der Waals surface area contributed by atoms with Crippen molar-refractivity contribution in [1.82, 2.24) is 19.8 Å². The fourth-order valence-corrected chi connectivity index (χ4v) is 4.01. The predicted molar refractivity (Wildman–Crippen MR) is 108 cm³/mol. The molecule has 1 atom stereocenters. The molecular formula is C22H27FN4O3. The Morgan fingerprint density at radius 3 is 2.63 bits per heavy atom. The molecule has 8 heteroatoms. The van der Waals surface area contributed by atoms with Crippen molar-refractivity contribution in [2.24, 2.45) is 0 Å². The van der Waals surface area contributed by atoms with Crippen LogP contribution in [0.3, 0.4) is 0 Å². The van der Waals surface area contributed by atoms with E-state index in [9.17, 15) is 9.18 Å². The van der Waals surface area contributed by atoms with Crippen LogP contribution < -0.4 is 4.74 Å². The van der Waals surface area contributed by atoms with Gasteiger partial charge < -0.3 is 14.4 Å². The molecule has 0 aliphatic carbocycles. The van der Waals surface area contributed by atoms with E-state index in [4.69, 9.17) is 9.47 Å². The number of amides is 1. The molecule has 2 aliphatic rings. The molecule has 0 radical (unpaired) electrons. The van der Waals surface area contributed by atoms with Gasteiger partial charge >= 0.3 is 0 Å². The number of aryl methyl sites for hydroxylation is 1. The molecule has 0 unspecified atom stereocenters. The number of rotatable bonds is 6. The van der Waals surface area contributed by atoms with Crippen molar-refractivity contribution in [3.63, 3.8) is 0 Å². The van der Waals surface area contributed by atoms with Crippen LogP contribution in [0.2, 0.25) is 0 Å². The molecule has 2 aromatic rings. The van der Waals surface area contributed by atoms with Crippen LogP contribution in [0.25, 0.3) is 0 Å². The molecule has 0 spiro atoms. The van der Waals surface area contributed by atoms with Crippen LogP contribution in [0.4, 0.5) is 4.39 Å². The van der Waals surface area contributed by atoms with Gasteiger partial charge in [0, 0.05) is 38.1 Å². The second kappa shape index (κ2) is 9.49. The van der Waals surface area contributed by atoms with E-state index < -0.39 is 0 Å². The third-order valence-corrected chi connectivity index (χ3v) is 5.77. The molecule has 1 aromatic carbocycles. The van der Waals surface area contributed by atoms with Crippen molar-refractivity contribution in [3.05, 3.63) is 53.9 Å². The van der Waals surface area contributed by atoms with E-state index in [0.717, 1.165) is 43.9 Å². The maximum absolute atomic E-state index is 13.0. The number of piperidine rings is 1. The van der Waals surface area contributed by atoms with Gasteiger partial charge in [0.2, 0.25) is 5.91 Å². The number of carbonyl (C=O) groups is 1. The molecule has 0 N–H and O–H groups in total. The minimum atomic E-state index is -0.297. The fourth-order valence-electron chi connectivity index (χ4n) is 4.01. The number of morpholine rings is 1. The molecule has 2 saturated heterocycles. The summed E-state index contributed by atoms with van der Waals surface area (Å²) in [6, 6.07) is 6.13. The van der Waals surface area contributed by atoms with Crippen LogP contribution in [0.5, 0.6) is 5.75 Å². The number of ether oxygens (including phenoxy) is 2. The molecular weight excluding hydrogens is 387 g/mol. The third-order valence-electron chi connectivity index (χ3n) is 5.77. The Kier molecular flexibility index (Phi) is 6.54. The summed E-state index contributed by atoms with van der Waals surface area (Å²) < 4.78 is 24.4. The van der Waals surface area contributed by atoms with Gasteiger partial charge in [0.15, 0.2) is 0 Å². The van der Waals surface area contributed by atoms with Crippen LogP contribution >= 0.6 is 0 Å². The van der Waals surface area contributed by atoms with Crippen molar-refractivity contribution >= 4 is 5.91 Å². The summed E-state index contributed by atoms with van der Waals surface area (Å²) >= 11 is 0. The normalized spacial score (nSPS) is 21.1. The van der Waals surface area contributed by atoms with Crippen molar-refractivity contribution in [3.8, 4) is 5.75 Å². The Bertz CT molecular complexity index is 856. The molecule has 1 aromatic heterocycles. The summed E-state index contributed by atoms with van der Waals surface area (Å²) in [7, 11) is 0. The zero-order chi connectivity index (χ0) is 20.9. The molecule has 2 aliphatic heterocycles. The number of hydrogen-bond donors (Lipinski definition) is 0. The van der Waals surface area contributed by atoms with Gasteiger partial charge in [-0.25, -0.2) is 4.39 Å². The summed E-state index contributed by atoms with van der Waals surface area (Å²) in [6.45, 7) is 5.54. The molecule has 30 heavy (non-hydrogen) atoms. The number of nitrogens with zero attached hydrogens (tertiary/aromatic N) is 4. The monoisotopic (exact) mass is 414 g/mol. The first kappa shape index (κ1) is 20.7. The lowest BCUT2D eigenvalue weighted by Gasteiger charge is -2.42. The highest BCUT2D eigenvalue weighted by Gasteiger charge is 2.34. The lowest BCUT2D eigenvalue weighted by atomic mass is 10.0. The number of halogens is 1. The van der Waals surface area contributed by atoms with Crippen LogP contribution in [0, 0.1) is 12.7 Å². The van der Waals surface area contributed by atoms with E-state index in [2.05, 4.69) is 14.9 Å². The summed E-state index contributed by atoms with van der Waals surface area (Å²) in [6.07, 6.45) is 5.11. The molecule has 2 fully saturated rings. The number of aromatic nitrogens is 2. The van der Waals surface area contributed by atoms with E-state index in [1.807, 2.05) is 11.8 Å². The van der Waals surface area contributed by atoms with Gasteiger partial charge in [-0.1, -0.05) is 0 Å². The lowest BCUT2D eigenvalue weighted by Crippen LogP contribution is -2.55. The maximum Gasteiger partial charge on any atom is 0.248 e. The van der Waals surface area contributed by atoms with E-state index in [1.54, 1.807) is 24.5 Å². The lowest BCUT2D eigenvalue weighted by molar-refractivity contribution is -0.155. The second-order valence-electron chi connectivity index (χ2n) is 7.84. The average molecular weight is 414 g/mol. The van der Waals surface area contributed by atoms with Crippen molar-refractivity contribution in [2.75, 3.05) is 32.8 Å². The van der Waals surface area contributed by atoms with Crippen LogP contribution in [0.15, 0.2) is 36.7 Å². The van der Waals surface area contributed by atoms with Gasteiger partial charge in [0.1, 0.15) is 30.9 Å². The first-order chi connectivity index (χ1) is 14.6. The number of hydrogen-bond acceptors (Lipinski definition) is 6. The van der Waals surface area contributed by atoms with Gasteiger partial charge in [0.05, 0.1) is 17.9 Å². The summed E-state index contributed by atoms with van der Waals surface area (Å²) in [5.41, 5.74) is 1.98. The number of likely N-dealkylation sites (tertiary alicyclic amines) is 1. The highest BCUT2D eigenvalue weighted by Crippen LogP contribution is 2.22. The van der Waals surface area contributed by atoms with E-state index in [-0.39, 0.29) is 30.5 Å². The molecule has 4 rings (SSSR count). The standard InChI is InChI=1S/C22H27FN4O3/c1-16-21(25-9-8-24-16)13-26-10-6-18(7-11-26)27-12-20(30-15-22(27)28)14-29-19-4-2-17(23)3-5-19/h2-5,8-9,18,20H,6-7,10-15H2,1H3/t20-/m1/s1. The van der Waals surface area contributed by atoms with E-state index in [1.165, 1.54) is 12.1 Å². The molecule has 160 valence electrons. The maximum atomic E-state index is 13.0. The largest absolute Gasteiger partial charge is 0.491 e. The van der Waals surface area contributed by atoms with Crippen LogP contribution in [-0.4, -0.2) is 70.7 Å². The second-order valence-corrected chi connectivity index (χ2v) is 7.84. The van der Waals surface area contributed by atoms with Crippen LogP contribution in [0.1, 0.15) is 24.2 Å². The summed E-state index contributed by atoms with van der Waals surface area (Å²) in [4.78, 5) is 25.5. The SMILES string of the molecule is Cc1nccnc1CN1CCC(N2C[C@H](COc3ccc(F)cc3)OCC2=O)CC1. The number of benzene rings is 1. The minimum absolute atomic E-state index is 0.0382. The Labute approximate surface area is 175 Å². The molecule has 1 amide bonds. The number of carbonyl (C=O) groups excluding carboxylic acids is 1. The van der Waals surface area contributed by atoms with E-state index in [0.29, 0.717) is 18.9 Å². The Morgan fingerprint density at radius 1 is 1.17 bits per heavy atom. The fraction of sp³-hybridized carbons (Fsp3) is 0.500. The van der Waals surface area contributed by atoms with Gasteiger partial charge in [-0.15, -0.1) is 0 Å². The summed E-state index contributed by atoms with van der Waals surface area (Å²) in [5, 5.41) is 0. The minimum Gasteiger partial charge on any atom is -0.491 e. The first-order valence-electron chi connectivity index (χ1n) is 10.4. The molecule has 7 nitrogen and oxygen atoms in total. The van der Waals surface area contributed by atoms with Crippen molar-refractivity contribution in [2.45, 2.75) is 38.5 Å². The molecule has 0 saturated carbocycles. The van der Waals surface area contributed by atoms with Crippen LogP contribution in [-0.2, 0) is 16.1 Å².